The summed E-state index contributed by atoms with van der Waals surface area (Å²) in [5, 5.41) is 8.35. The van der Waals surface area contributed by atoms with Crippen molar-refractivity contribution >= 4 is 23.7 Å². The molecule has 0 rings (SSSR count). The summed E-state index contributed by atoms with van der Waals surface area (Å²) < 4.78 is 4.47. The predicted octanol–water partition coefficient (Wildman–Crippen LogP) is 1.54. The summed E-state index contributed by atoms with van der Waals surface area (Å²) in [5.74, 6) is 0.317. The van der Waals surface area contributed by atoms with Crippen molar-refractivity contribution in [1.82, 2.24) is 0 Å². The zero-order chi connectivity index (χ0) is 10.8. The number of thioether (sulfide) groups is 1. The van der Waals surface area contributed by atoms with E-state index in [1.54, 1.807) is 0 Å². The Morgan fingerprint density at radius 1 is 1.29 bits per heavy atom. The zero-order valence-corrected chi connectivity index (χ0v) is 9.14. The molecule has 0 radical (unpaired) electrons. The minimum Gasteiger partial charge on any atom is -0.481 e. The third kappa shape index (κ3) is 9.38. The fourth-order valence-corrected chi connectivity index (χ4v) is 1.71. The molecule has 14 heavy (non-hydrogen) atoms. The van der Waals surface area contributed by atoms with Crippen LogP contribution in [0.5, 0.6) is 0 Å². The zero-order valence-electron chi connectivity index (χ0n) is 8.32. The van der Waals surface area contributed by atoms with Gasteiger partial charge in [0.25, 0.3) is 0 Å². The van der Waals surface area contributed by atoms with Gasteiger partial charge < -0.3 is 9.84 Å². The van der Waals surface area contributed by atoms with Crippen LogP contribution in [0.3, 0.4) is 0 Å². The lowest BCUT2D eigenvalue weighted by Gasteiger charge is -1.99. The maximum Gasteiger partial charge on any atom is 0.315 e. The van der Waals surface area contributed by atoms with Crippen LogP contribution in [0, 0.1) is 0 Å². The smallest absolute Gasteiger partial charge is 0.315 e. The lowest BCUT2D eigenvalue weighted by Crippen LogP contribution is -2.03. The number of hydrogen-bond donors (Lipinski definition) is 1. The van der Waals surface area contributed by atoms with Gasteiger partial charge in [0.15, 0.2) is 0 Å². The third-order valence-electron chi connectivity index (χ3n) is 1.63. The molecule has 0 spiro atoms. The summed E-state index contributed by atoms with van der Waals surface area (Å²) in [6, 6.07) is 0. The molecule has 0 aliphatic rings. The van der Waals surface area contributed by atoms with E-state index in [2.05, 4.69) is 4.74 Å². The van der Waals surface area contributed by atoms with Gasteiger partial charge in [-0.25, -0.2) is 0 Å². The van der Waals surface area contributed by atoms with Gasteiger partial charge in [0.05, 0.1) is 12.9 Å². The van der Waals surface area contributed by atoms with E-state index in [4.69, 9.17) is 5.11 Å². The van der Waals surface area contributed by atoms with Crippen molar-refractivity contribution in [2.24, 2.45) is 0 Å². The number of carbonyl (C=O) groups excluding carboxylic acids is 1. The molecule has 0 saturated heterocycles. The maximum absolute atomic E-state index is 10.7. The van der Waals surface area contributed by atoms with E-state index >= 15 is 0 Å². The van der Waals surface area contributed by atoms with Gasteiger partial charge in [0, 0.05) is 6.42 Å². The van der Waals surface area contributed by atoms with Crippen molar-refractivity contribution in [3.8, 4) is 0 Å². The number of methoxy groups -OCH3 is 1. The van der Waals surface area contributed by atoms with Gasteiger partial charge in [-0.3, -0.25) is 9.59 Å². The Morgan fingerprint density at radius 3 is 2.57 bits per heavy atom. The van der Waals surface area contributed by atoms with E-state index in [1.807, 2.05) is 0 Å². The van der Waals surface area contributed by atoms with Gasteiger partial charge >= 0.3 is 11.9 Å². The minimum atomic E-state index is -0.743. The molecule has 0 aliphatic carbocycles. The van der Waals surface area contributed by atoms with E-state index in [-0.39, 0.29) is 12.4 Å². The summed E-state index contributed by atoms with van der Waals surface area (Å²) in [6.45, 7) is 0. The average molecular weight is 220 g/mol. The second kappa shape index (κ2) is 8.87. The van der Waals surface area contributed by atoms with Crippen molar-refractivity contribution in [2.45, 2.75) is 25.7 Å². The molecule has 1 N–H and O–H groups in total. The number of carboxylic acids is 1. The molecule has 0 aromatic heterocycles. The van der Waals surface area contributed by atoms with Gasteiger partial charge in [0.2, 0.25) is 0 Å². The number of aliphatic carboxylic acids is 1. The predicted molar refractivity (Wildman–Crippen MR) is 55.4 cm³/mol. The number of carboxylic acid groups (broad SMARTS) is 1. The molecule has 0 amide bonds. The summed E-state index contributed by atoms with van der Waals surface area (Å²) in [4.78, 5) is 20.8. The molecule has 0 fully saturated rings. The second-order valence-electron chi connectivity index (χ2n) is 2.83. The van der Waals surface area contributed by atoms with Crippen molar-refractivity contribution in [3.05, 3.63) is 0 Å². The Morgan fingerprint density at radius 2 is 2.00 bits per heavy atom. The molecule has 0 aromatic rings. The number of unbranched alkanes of at least 4 members (excludes halogenated alkanes) is 2. The van der Waals surface area contributed by atoms with Crippen molar-refractivity contribution < 1.29 is 19.4 Å². The van der Waals surface area contributed by atoms with Gasteiger partial charge in [-0.15, -0.1) is 0 Å². The summed E-state index contributed by atoms with van der Waals surface area (Å²) in [5.41, 5.74) is 0. The lowest BCUT2D eigenvalue weighted by molar-refractivity contribution is -0.138. The highest BCUT2D eigenvalue weighted by Gasteiger charge is 2.00. The normalized spacial score (nSPS) is 9.79. The van der Waals surface area contributed by atoms with Crippen LogP contribution in [0.4, 0.5) is 0 Å². The highest BCUT2D eigenvalue weighted by atomic mass is 32.2. The maximum atomic E-state index is 10.7. The SMILES string of the molecule is COC(=O)CSCCCCCC(=O)O. The number of carbonyl (C=O) groups is 2. The average Bonchev–Trinajstić information content (AvgIpc) is 2.15. The lowest BCUT2D eigenvalue weighted by atomic mass is 10.2. The summed E-state index contributed by atoms with van der Waals surface area (Å²) in [7, 11) is 1.37. The molecule has 0 saturated carbocycles. The Balaban J connectivity index is 3.06. The molecule has 0 aromatic carbocycles. The quantitative estimate of drug-likeness (QED) is 0.496. The summed E-state index contributed by atoms with van der Waals surface area (Å²) in [6.07, 6.45) is 2.81. The first-order chi connectivity index (χ1) is 6.66. The third-order valence-corrected chi connectivity index (χ3v) is 2.64. The molecule has 4 nitrogen and oxygen atoms in total. The largest absolute Gasteiger partial charge is 0.481 e. The van der Waals surface area contributed by atoms with Gasteiger partial charge in [-0.2, -0.15) is 11.8 Å². The molecule has 0 aliphatic heterocycles. The Kier molecular flexibility index (Phi) is 8.42. The van der Waals surface area contributed by atoms with Crippen LogP contribution in [0.1, 0.15) is 25.7 Å². The van der Waals surface area contributed by atoms with E-state index in [1.165, 1.54) is 18.9 Å². The first-order valence-corrected chi connectivity index (χ1v) is 5.68. The Bertz CT molecular complexity index is 182. The molecule has 0 heterocycles. The van der Waals surface area contributed by atoms with E-state index < -0.39 is 5.97 Å². The topological polar surface area (TPSA) is 63.6 Å². The molecular weight excluding hydrogens is 204 g/mol. The van der Waals surface area contributed by atoms with Crippen LogP contribution in [0.25, 0.3) is 0 Å². The van der Waals surface area contributed by atoms with Crippen LogP contribution in [0.15, 0.2) is 0 Å². The van der Waals surface area contributed by atoms with Crippen LogP contribution in [-0.2, 0) is 14.3 Å². The van der Waals surface area contributed by atoms with E-state index in [0.717, 1.165) is 18.6 Å². The van der Waals surface area contributed by atoms with Crippen LogP contribution >= 0.6 is 11.8 Å². The number of hydrogen-bond acceptors (Lipinski definition) is 4. The monoisotopic (exact) mass is 220 g/mol. The fourth-order valence-electron chi connectivity index (χ4n) is 0.872. The second-order valence-corrected chi connectivity index (χ2v) is 3.94. The van der Waals surface area contributed by atoms with Crippen LogP contribution < -0.4 is 0 Å². The highest BCUT2D eigenvalue weighted by molar-refractivity contribution is 7.99. The number of ether oxygens (including phenoxy) is 1. The van der Waals surface area contributed by atoms with Gasteiger partial charge in [0.1, 0.15) is 0 Å². The number of rotatable bonds is 8. The Hall–Kier alpha value is -0.710. The van der Waals surface area contributed by atoms with Gasteiger partial charge in [-0.1, -0.05) is 6.42 Å². The Labute approximate surface area is 88.0 Å². The molecule has 82 valence electrons. The highest BCUT2D eigenvalue weighted by Crippen LogP contribution is 2.07. The fraction of sp³-hybridized carbons (Fsp3) is 0.778. The first kappa shape index (κ1) is 13.3. The molecule has 0 bridgehead atoms. The number of esters is 1. The van der Waals surface area contributed by atoms with E-state index in [9.17, 15) is 9.59 Å². The molecule has 0 atom stereocenters. The molecule has 5 heteroatoms. The van der Waals surface area contributed by atoms with Crippen LogP contribution in [-0.4, -0.2) is 35.7 Å². The van der Waals surface area contributed by atoms with Crippen LogP contribution in [0.2, 0.25) is 0 Å². The van der Waals surface area contributed by atoms with Crippen molar-refractivity contribution in [3.63, 3.8) is 0 Å². The summed E-state index contributed by atoms with van der Waals surface area (Å²) >= 11 is 1.52. The van der Waals surface area contributed by atoms with Gasteiger partial charge in [-0.05, 0) is 18.6 Å². The first-order valence-electron chi connectivity index (χ1n) is 4.53. The molecule has 0 unspecified atom stereocenters. The van der Waals surface area contributed by atoms with E-state index in [0.29, 0.717) is 12.2 Å². The standard InChI is InChI=1S/C9H16O4S/c1-13-9(12)7-14-6-4-2-3-5-8(10)11/h2-7H2,1H3,(H,10,11). The minimum absolute atomic E-state index is 0.208. The van der Waals surface area contributed by atoms with Crippen molar-refractivity contribution in [1.29, 1.82) is 0 Å². The van der Waals surface area contributed by atoms with Crippen molar-refractivity contribution in [2.75, 3.05) is 18.6 Å². The molecular formula is C9H16O4S.